The largest absolute Gasteiger partial charge is 0.479 e. The number of carbonyl (C=O) groups excluding carboxylic acids is 2. The van der Waals surface area contributed by atoms with Crippen LogP contribution in [0.15, 0.2) is 12.1 Å². The summed E-state index contributed by atoms with van der Waals surface area (Å²) in [4.78, 5) is 35.7. The molecule has 2 N–H and O–H groups in total. The maximum absolute atomic E-state index is 12.1. The molecule has 1 atom stereocenters. The van der Waals surface area contributed by atoms with Crippen molar-refractivity contribution in [1.29, 1.82) is 0 Å². The highest BCUT2D eigenvalue weighted by Crippen LogP contribution is 2.28. The molecule has 1 aliphatic rings. The minimum atomic E-state index is -1.78. The third-order valence-electron chi connectivity index (χ3n) is 3.18. The van der Waals surface area contributed by atoms with Crippen LogP contribution in [0.5, 0.6) is 0 Å². The second-order valence-electron chi connectivity index (χ2n) is 4.52. The number of β-amino-alcohol motifs (C(OH)–C–C–N with tert-alkyl or cyclic N) is 1. The van der Waals surface area contributed by atoms with Crippen LogP contribution in [0, 0.1) is 13.8 Å². The van der Waals surface area contributed by atoms with Crippen LogP contribution >= 0.6 is 0 Å². The number of aliphatic hydroxyl groups excluding tert-OH is 1. The molecule has 1 aromatic carbocycles. The predicted octanol–water partition coefficient (Wildman–Crippen LogP) is 0.345. The van der Waals surface area contributed by atoms with E-state index in [2.05, 4.69) is 0 Å². The van der Waals surface area contributed by atoms with Gasteiger partial charge in [-0.3, -0.25) is 14.5 Å². The van der Waals surface area contributed by atoms with Gasteiger partial charge in [0.15, 0.2) is 6.10 Å². The van der Waals surface area contributed by atoms with Crippen LogP contribution in [-0.4, -0.2) is 45.5 Å². The summed E-state index contributed by atoms with van der Waals surface area (Å²) in [5.41, 5.74) is 1.91. The van der Waals surface area contributed by atoms with E-state index in [0.717, 1.165) is 4.90 Å². The van der Waals surface area contributed by atoms with Gasteiger partial charge in [-0.1, -0.05) is 12.1 Å². The fraction of sp³-hybridized carbons (Fsp3) is 0.308. The van der Waals surface area contributed by atoms with Gasteiger partial charge in [0.25, 0.3) is 11.8 Å². The summed E-state index contributed by atoms with van der Waals surface area (Å²) in [5, 5.41) is 17.9. The predicted molar refractivity (Wildman–Crippen MR) is 64.9 cm³/mol. The van der Waals surface area contributed by atoms with Crippen molar-refractivity contribution in [2.75, 3.05) is 6.54 Å². The van der Waals surface area contributed by atoms with Crippen LogP contribution < -0.4 is 0 Å². The van der Waals surface area contributed by atoms with Crippen molar-refractivity contribution in [3.05, 3.63) is 34.4 Å². The van der Waals surface area contributed by atoms with Gasteiger partial charge in [-0.2, -0.15) is 0 Å². The number of fused-ring (bicyclic) bond motifs is 1. The molecule has 0 saturated carbocycles. The first-order chi connectivity index (χ1) is 8.84. The van der Waals surface area contributed by atoms with E-state index in [0.29, 0.717) is 22.3 Å². The topological polar surface area (TPSA) is 94.9 Å². The van der Waals surface area contributed by atoms with Crippen LogP contribution in [0.25, 0.3) is 0 Å². The van der Waals surface area contributed by atoms with E-state index >= 15 is 0 Å². The Labute approximate surface area is 109 Å². The fourth-order valence-corrected chi connectivity index (χ4v) is 2.14. The molecule has 2 rings (SSSR count). The molecule has 0 fully saturated rings. The Bertz CT molecular complexity index is 552. The van der Waals surface area contributed by atoms with Crippen molar-refractivity contribution < 1.29 is 24.6 Å². The van der Waals surface area contributed by atoms with Gasteiger partial charge in [-0.05, 0) is 25.0 Å². The van der Waals surface area contributed by atoms with Crippen LogP contribution in [0.3, 0.4) is 0 Å². The van der Waals surface area contributed by atoms with Gasteiger partial charge in [0.1, 0.15) is 0 Å². The number of hydrogen-bond acceptors (Lipinski definition) is 4. The summed E-state index contributed by atoms with van der Waals surface area (Å²) < 4.78 is 0. The van der Waals surface area contributed by atoms with Crippen LogP contribution in [-0.2, 0) is 4.79 Å². The van der Waals surface area contributed by atoms with E-state index in [1.54, 1.807) is 26.0 Å². The summed E-state index contributed by atoms with van der Waals surface area (Å²) in [5.74, 6) is -2.58. The number of carboxylic acid groups (broad SMARTS) is 1. The highest BCUT2D eigenvalue weighted by atomic mass is 16.4. The number of carbonyl (C=O) groups is 3. The second-order valence-corrected chi connectivity index (χ2v) is 4.52. The molecule has 1 aliphatic heterocycles. The van der Waals surface area contributed by atoms with E-state index in [-0.39, 0.29) is 0 Å². The molecule has 6 nitrogen and oxygen atoms in total. The van der Waals surface area contributed by atoms with Gasteiger partial charge in [0, 0.05) is 0 Å². The lowest BCUT2D eigenvalue weighted by Gasteiger charge is -2.15. The molecule has 2 amide bonds. The molecule has 100 valence electrons. The molecule has 0 saturated heterocycles. The molecule has 0 radical (unpaired) electrons. The Morgan fingerprint density at radius 3 is 1.95 bits per heavy atom. The minimum absolute atomic E-state index is 0.294. The molecule has 0 spiro atoms. The maximum atomic E-state index is 12.1. The molecular weight excluding hydrogens is 250 g/mol. The number of hydrogen-bond donors (Lipinski definition) is 2. The van der Waals surface area contributed by atoms with Gasteiger partial charge >= 0.3 is 5.97 Å². The van der Waals surface area contributed by atoms with E-state index in [1.165, 1.54) is 0 Å². The number of aliphatic hydroxyl groups is 1. The summed E-state index contributed by atoms with van der Waals surface area (Å²) >= 11 is 0. The number of carboxylic acids is 1. The Morgan fingerprint density at radius 2 is 1.58 bits per heavy atom. The lowest BCUT2D eigenvalue weighted by molar-refractivity contribution is -0.146. The summed E-state index contributed by atoms with van der Waals surface area (Å²) in [6, 6.07) is 3.47. The zero-order valence-corrected chi connectivity index (χ0v) is 10.5. The van der Waals surface area contributed by atoms with Gasteiger partial charge in [0.05, 0.1) is 17.7 Å². The molecule has 1 unspecified atom stereocenters. The Morgan fingerprint density at radius 1 is 1.16 bits per heavy atom. The van der Waals surface area contributed by atoms with Crippen LogP contribution in [0.1, 0.15) is 31.8 Å². The van der Waals surface area contributed by atoms with E-state index < -0.39 is 30.4 Å². The monoisotopic (exact) mass is 263 g/mol. The number of rotatable bonds is 3. The zero-order chi connectivity index (χ0) is 14.3. The Hall–Kier alpha value is -2.21. The van der Waals surface area contributed by atoms with Gasteiger partial charge in [-0.25, -0.2) is 4.79 Å². The number of imide groups is 1. The standard InChI is InChI=1S/C13H13NO5/c1-6-3-4-7(2)10-9(6)11(16)14(12(10)17)5-8(15)13(18)19/h3-4,8,15H,5H2,1-2H3,(H,18,19). The SMILES string of the molecule is Cc1ccc(C)c2c1C(=O)N(CC(O)C(=O)O)C2=O. The van der Waals surface area contributed by atoms with Crippen molar-refractivity contribution in [2.24, 2.45) is 0 Å². The molecule has 6 heteroatoms. The number of aryl methyl sites for hydroxylation is 2. The molecule has 0 bridgehead atoms. The molecule has 19 heavy (non-hydrogen) atoms. The maximum Gasteiger partial charge on any atom is 0.334 e. The van der Waals surface area contributed by atoms with E-state index in [1.807, 2.05) is 0 Å². The van der Waals surface area contributed by atoms with Crippen molar-refractivity contribution in [3.8, 4) is 0 Å². The molecule has 0 aromatic heterocycles. The normalized spacial score (nSPS) is 15.6. The minimum Gasteiger partial charge on any atom is -0.479 e. The summed E-state index contributed by atoms with van der Waals surface area (Å²) in [7, 11) is 0. The van der Waals surface area contributed by atoms with Crippen molar-refractivity contribution in [3.63, 3.8) is 0 Å². The second kappa shape index (κ2) is 4.47. The third kappa shape index (κ3) is 2.00. The van der Waals surface area contributed by atoms with Crippen molar-refractivity contribution in [1.82, 2.24) is 4.90 Å². The van der Waals surface area contributed by atoms with Gasteiger partial charge in [0.2, 0.25) is 0 Å². The highest BCUT2D eigenvalue weighted by molar-refractivity contribution is 6.22. The smallest absolute Gasteiger partial charge is 0.334 e. The van der Waals surface area contributed by atoms with Gasteiger partial charge < -0.3 is 10.2 Å². The van der Waals surface area contributed by atoms with Crippen molar-refractivity contribution >= 4 is 17.8 Å². The highest BCUT2D eigenvalue weighted by Gasteiger charge is 2.39. The number of nitrogens with zero attached hydrogens (tertiary/aromatic N) is 1. The Balaban J connectivity index is 2.42. The average Bonchev–Trinajstić information content (AvgIpc) is 2.59. The number of benzene rings is 1. The van der Waals surface area contributed by atoms with E-state index in [9.17, 15) is 19.5 Å². The van der Waals surface area contributed by atoms with Gasteiger partial charge in [-0.15, -0.1) is 0 Å². The third-order valence-corrected chi connectivity index (χ3v) is 3.18. The molecule has 1 aromatic rings. The first kappa shape index (κ1) is 13.2. The average molecular weight is 263 g/mol. The molecular formula is C13H13NO5. The summed E-state index contributed by atoms with van der Waals surface area (Å²) in [6.45, 7) is 2.88. The van der Waals surface area contributed by atoms with Crippen LogP contribution in [0.2, 0.25) is 0 Å². The number of aliphatic carboxylic acids is 1. The lowest BCUT2D eigenvalue weighted by atomic mass is 9.99. The van der Waals surface area contributed by atoms with Crippen LogP contribution in [0.4, 0.5) is 0 Å². The first-order valence-electron chi connectivity index (χ1n) is 5.72. The van der Waals surface area contributed by atoms with Crippen molar-refractivity contribution in [2.45, 2.75) is 20.0 Å². The molecule has 1 heterocycles. The number of amides is 2. The Kier molecular flexibility index (Phi) is 3.11. The first-order valence-corrected chi connectivity index (χ1v) is 5.72. The fourth-order valence-electron chi connectivity index (χ4n) is 2.14. The zero-order valence-electron chi connectivity index (χ0n) is 10.5. The van der Waals surface area contributed by atoms with E-state index in [4.69, 9.17) is 5.11 Å². The lowest BCUT2D eigenvalue weighted by Crippen LogP contribution is -2.40. The summed E-state index contributed by atoms with van der Waals surface area (Å²) in [6.07, 6.45) is -1.78. The molecule has 0 aliphatic carbocycles. The quantitative estimate of drug-likeness (QED) is 0.767.